The van der Waals surface area contributed by atoms with Crippen molar-refractivity contribution < 1.29 is 14.5 Å². The Morgan fingerprint density at radius 2 is 2.18 bits per heavy atom. The van der Waals surface area contributed by atoms with Gasteiger partial charge < -0.3 is 4.74 Å². The Balaban J connectivity index is 2.59. The van der Waals surface area contributed by atoms with Gasteiger partial charge in [0, 0.05) is 17.5 Å². The maximum absolute atomic E-state index is 11.9. The topological polar surface area (TPSA) is 69.4 Å². The highest BCUT2D eigenvalue weighted by atomic mass is 16.6. The van der Waals surface area contributed by atoms with E-state index < -0.39 is 4.92 Å². The first-order valence-corrected chi connectivity index (χ1v) is 5.44. The quantitative estimate of drug-likeness (QED) is 0.582. The number of ketones is 1. The van der Waals surface area contributed by atoms with Crippen molar-refractivity contribution in [3.8, 4) is 5.75 Å². The fraction of sp³-hybridized carbons (Fsp3) is 0.417. The summed E-state index contributed by atoms with van der Waals surface area (Å²) < 4.78 is 4.98. The molecule has 0 saturated carbocycles. The second kappa shape index (κ2) is 4.16. The number of methoxy groups -OCH3 is 1. The van der Waals surface area contributed by atoms with E-state index in [0.717, 1.165) is 18.4 Å². The molecule has 0 amide bonds. The van der Waals surface area contributed by atoms with E-state index in [2.05, 4.69) is 0 Å². The molecule has 5 nitrogen and oxygen atoms in total. The predicted molar refractivity (Wildman–Crippen MR) is 61.5 cm³/mol. The lowest BCUT2D eigenvalue weighted by Crippen LogP contribution is -2.20. The number of hydrogen-bond acceptors (Lipinski definition) is 4. The number of nitro benzene ring substituents is 1. The van der Waals surface area contributed by atoms with Gasteiger partial charge in [0.15, 0.2) is 11.5 Å². The van der Waals surface area contributed by atoms with Gasteiger partial charge >= 0.3 is 5.69 Å². The Morgan fingerprint density at radius 3 is 2.76 bits per heavy atom. The van der Waals surface area contributed by atoms with Crippen LogP contribution in [0.4, 0.5) is 5.69 Å². The fourth-order valence-electron chi connectivity index (χ4n) is 2.12. The number of hydrogen-bond donors (Lipinski definition) is 0. The molecule has 17 heavy (non-hydrogen) atoms. The van der Waals surface area contributed by atoms with Crippen molar-refractivity contribution in [1.29, 1.82) is 0 Å². The van der Waals surface area contributed by atoms with Crippen LogP contribution in [0.5, 0.6) is 5.75 Å². The normalized spacial score (nSPS) is 18.7. The smallest absolute Gasteiger partial charge is 0.311 e. The molecule has 0 spiro atoms. The second-order valence-electron chi connectivity index (χ2n) is 4.24. The molecule has 5 heteroatoms. The average Bonchev–Trinajstić information content (AvgIpc) is 2.32. The molecule has 0 saturated heterocycles. The molecular weight excluding hydrogens is 222 g/mol. The monoisotopic (exact) mass is 235 g/mol. The van der Waals surface area contributed by atoms with E-state index in [-0.39, 0.29) is 23.1 Å². The number of carbonyl (C=O) groups is 1. The van der Waals surface area contributed by atoms with Gasteiger partial charge in [-0.25, -0.2) is 0 Å². The number of nitrogens with zero attached hydrogens (tertiary/aromatic N) is 1. The van der Waals surface area contributed by atoms with E-state index in [1.165, 1.54) is 13.2 Å². The van der Waals surface area contributed by atoms with Crippen LogP contribution in [0.3, 0.4) is 0 Å². The second-order valence-corrected chi connectivity index (χ2v) is 4.24. The summed E-state index contributed by atoms with van der Waals surface area (Å²) >= 11 is 0. The van der Waals surface area contributed by atoms with Crippen molar-refractivity contribution in [2.75, 3.05) is 7.11 Å². The fourth-order valence-corrected chi connectivity index (χ4v) is 2.12. The van der Waals surface area contributed by atoms with Crippen LogP contribution < -0.4 is 4.74 Å². The first-order valence-electron chi connectivity index (χ1n) is 5.44. The number of aryl methyl sites for hydroxylation is 1. The number of rotatable bonds is 2. The standard InChI is InChI=1S/C12H13NO4/c1-7-3-4-8-5-11(17-2)10(13(15)16)6-9(8)12(7)14/h5-7H,3-4H2,1-2H3. The van der Waals surface area contributed by atoms with Gasteiger partial charge in [-0.05, 0) is 24.5 Å². The van der Waals surface area contributed by atoms with Crippen molar-refractivity contribution in [2.24, 2.45) is 5.92 Å². The van der Waals surface area contributed by atoms with Gasteiger partial charge in [0.2, 0.25) is 0 Å². The number of ether oxygens (including phenoxy) is 1. The zero-order chi connectivity index (χ0) is 12.6. The van der Waals surface area contributed by atoms with Crippen molar-refractivity contribution in [3.05, 3.63) is 33.4 Å². The third-order valence-corrected chi connectivity index (χ3v) is 3.16. The third-order valence-electron chi connectivity index (χ3n) is 3.16. The van der Waals surface area contributed by atoms with Crippen LogP contribution in [-0.2, 0) is 6.42 Å². The molecule has 0 fully saturated rings. The molecule has 1 aromatic carbocycles. The zero-order valence-corrected chi connectivity index (χ0v) is 9.73. The minimum absolute atomic E-state index is 0.0167. The Labute approximate surface area is 98.5 Å². The Hall–Kier alpha value is -1.91. The summed E-state index contributed by atoms with van der Waals surface area (Å²) in [6, 6.07) is 2.95. The van der Waals surface area contributed by atoms with E-state index in [1.807, 2.05) is 6.92 Å². The number of benzene rings is 1. The molecule has 2 rings (SSSR count). The maximum atomic E-state index is 11.9. The third kappa shape index (κ3) is 1.88. The molecule has 1 atom stereocenters. The Morgan fingerprint density at radius 1 is 1.47 bits per heavy atom. The van der Waals surface area contributed by atoms with Crippen LogP contribution >= 0.6 is 0 Å². The summed E-state index contributed by atoms with van der Waals surface area (Å²) in [7, 11) is 1.39. The number of fused-ring (bicyclic) bond motifs is 1. The summed E-state index contributed by atoms with van der Waals surface area (Å²) in [6.07, 6.45) is 1.55. The lowest BCUT2D eigenvalue weighted by molar-refractivity contribution is -0.385. The molecule has 0 aromatic heterocycles. The highest BCUT2D eigenvalue weighted by Gasteiger charge is 2.28. The summed E-state index contributed by atoms with van der Waals surface area (Å²) in [5.41, 5.74) is 1.17. The molecule has 1 aromatic rings. The van der Waals surface area contributed by atoms with E-state index >= 15 is 0 Å². The summed E-state index contributed by atoms with van der Waals surface area (Å²) in [6.45, 7) is 1.85. The van der Waals surface area contributed by atoms with Gasteiger partial charge in [0.25, 0.3) is 0 Å². The maximum Gasteiger partial charge on any atom is 0.311 e. The molecule has 1 aliphatic carbocycles. The van der Waals surface area contributed by atoms with Crippen LogP contribution in [0, 0.1) is 16.0 Å². The first kappa shape index (κ1) is 11.6. The molecule has 0 N–H and O–H groups in total. The molecule has 0 bridgehead atoms. The predicted octanol–water partition coefficient (Wildman–Crippen LogP) is 2.37. The largest absolute Gasteiger partial charge is 0.490 e. The highest BCUT2D eigenvalue weighted by Crippen LogP contribution is 2.35. The van der Waals surface area contributed by atoms with E-state index in [4.69, 9.17) is 4.74 Å². The molecule has 0 radical (unpaired) electrons. The minimum atomic E-state index is -0.522. The molecule has 90 valence electrons. The first-order chi connectivity index (χ1) is 8.04. The van der Waals surface area contributed by atoms with E-state index in [0.29, 0.717) is 5.56 Å². The van der Waals surface area contributed by atoms with Gasteiger partial charge in [-0.2, -0.15) is 0 Å². The van der Waals surface area contributed by atoms with Gasteiger partial charge in [0.1, 0.15) is 0 Å². The molecule has 1 aliphatic rings. The summed E-state index contributed by atoms with van der Waals surface area (Å²) in [5.74, 6) is 0.142. The van der Waals surface area contributed by atoms with Crippen LogP contribution in [0.2, 0.25) is 0 Å². The zero-order valence-electron chi connectivity index (χ0n) is 9.73. The van der Waals surface area contributed by atoms with Crippen molar-refractivity contribution in [2.45, 2.75) is 19.8 Å². The summed E-state index contributed by atoms with van der Waals surface area (Å²) in [4.78, 5) is 22.3. The number of carbonyl (C=O) groups excluding carboxylic acids is 1. The van der Waals surface area contributed by atoms with Crippen molar-refractivity contribution in [1.82, 2.24) is 0 Å². The average molecular weight is 235 g/mol. The van der Waals surface area contributed by atoms with Crippen LogP contribution in [-0.4, -0.2) is 17.8 Å². The van der Waals surface area contributed by atoms with Gasteiger partial charge in [-0.15, -0.1) is 0 Å². The lowest BCUT2D eigenvalue weighted by Gasteiger charge is -2.20. The molecule has 0 heterocycles. The van der Waals surface area contributed by atoms with Crippen LogP contribution in [0.15, 0.2) is 12.1 Å². The van der Waals surface area contributed by atoms with Crippen molar-refractivity contribution >= 4 is 11.5 Å². The van der Waals surface area contributed by atoms with Crippen LogP contribution in [0.1, 0.15) is 29.3 Å². The minimum Gasteiger partial charge on any atom is -0.490 e. The SMILES string of the molecule is COc1cc2c(cc1[N+](=O)[O-])C(=O)C(C)CC2. The lowest BCUT2D eigenvalue weighted by atomic mass is 9.83. The number of nitro groups is 1. The van der Waals surface area contributed by atoms with Crippen LogP contribution in [0.25, 0.3) is 0 Å². The molecule has 1 unspecified atom stereocenters. The number of Topliss-reactive ketones (excluding diaryl/α,β-unsaturated/α-hetero) is 1. The van der Waals surface area contributed by atoms with Crippen molar-refractivity contribution in [3.63, 3.8) is 0 Å². The molecule has 0 aliphatic heterocycles. The summed E-state index contributed by atoms with van der Waals surface area (Å²) in [5, 5.41) is 10.9. The van der Waals surface area contributed by atoms with Gasteiger partial charge in [-0.3, -0.25) is 14.9 Å². The van der Waals surface area contributed by atoms with Gasteiger partial charge in [0.05, 0.1) is 12.0 Å². The highest BCUT2D eigenvalue weighted by molar-refractivity contribution is 6.00. The molecular formula is C12H13NO4. The Bertz CT molecular complexity index is 496. The van der Waals surface area contributed by atoms with E-state index in [9.17, 15) is 14.9 Å². The Kier molecular flexibility index (Phi) is 2.83. The van der Waals surface area contributed by atoms with Gasteiger partial charge in [-0.1, -0.05) is 6.92 Å². The van der Waals surface area contributed by atoms with E-state index in [1.54, 1.807) is 6.07 Å².